The van der Waals surface area contributed by atoms with Crippen LogP contribution in [0.2, 0.25) is 0 Å². The van der Waals surface area contributed by atoms with Gasteiger partial charge in [0.1, 0.15) is 11.5 Å². The summed E-state index contributed by atoms with van der Waals surface area (Å²) in [6.45, 7) is 1.78. The predicted octanol–water partition coefficient (Wildman–Crippen LogP) is 2.81. The van der Waals surface area contributed by atoms with Crippen molar-refractivity contribution >= 4 is 5.95 Å². The Morgan fingerprint density at radius 1 is 1.08 bits per heavy atom. The van der Waals surface area contributed by atoms with Crippen LogP contribution in [0.5, 0.6) is 0 Å². The predicted molar refractivity (Wildman–Crippen MR) is 99.2 cm³/mol. The molecule has 1 aliphatic heterocycles. The van der Waals surface area contributed by atoms with Crippen molar-refractivity contribution in [2.75, 3.05) is 18.0 Å². The average molecular weight is 350 g/mol. The molecule has 134 valence electrons. The zero-order valence-corrected chi connectivity index (χ0v) is 14.6. The highest BCUT2D eigenvalue weighted by molar-refractivity contribution is 5.29. The van der Waals surface area contributed by atoms with Gasteiger partial charge in [0.25, 0.3) is 5.56 Å². The second-order valence-corrected chi connectivity index (χ2v) is 6.80. The molecule has 0 unspecified atom stereocenters. The molecule has 1 fully saturated rings. The van der Waals surface area contributed by atoms with E-state index in [2.05, 4.69) is 50.4 Å². The third kappa shape index (κ3) is 3.85. The van der Waals surface area contributed by atoms with Gasteiger partial charge in [-0.1, -0.05) is 30.3 Å². The second-order valence-electron chi connectivity index (χ2n) is 6.80. The minimum atomic E-state index is -0.196. The number of rotatable bonds is 5. The molecule has 6 heteroatoms. The highest BCUT2D eigenvalue weighted by atomic mass is 16.3. The molecule has 1 saturated heterocycles. The van der Waals surface area contributed by atoms with Crippen LogP contribution in [0.3, 0.4) is 0 Å². The summed E-state index contributed by atoms with van der Waals surface area (Å²) in [4.78, 5) is 17.3. The fourth-order valence-electron chi connectivity index (χ4n) is 3.48. The van der Waals surface area contributed by atoms with E-state index in [4.69, 9.17) is 4.42 Å². The number of anilines is 1. The fraction of sp³-hybridized carbons (Fsp3) is 0.350. The molecule has 0 spiro atoms. The average Bonchev–Trinajstić information content (AvgIpc) is 3.18. The first kappa shape index (κ1) is 16.6. The number of H-pyrrole nitrogens is 1. The number of aromatic nitrogens is 3. The molecule has 1 aliphatic rings. The molecule has 6 nitrogen and oxygen atoms in total. The standard InChI is InChI=1S/C20H22N4O2/c25-19-18(14-17-7-4-12-26-17)22-23-20(21-19)24-10-8-16(9-11-24)13-15-5-2-1-3-6-15/h1-7,12,16H,8-11,13-14H2,(H,21,23,25). The van der Waals surface area contributed by atoms with Gasteiger partial charge in [-0.05, 0) is 42.9 Å². The van der Waals surface area contributed by atoms with Gasteiger partial charge in [-0.25, -0.2) is 0 Å². The Morgan fingerprint density at radius 2 is 1.88 bits per heavy atom. The smallest absolute Gasteiger partial charge is 0.274 e. The molecule has 2 aromatic heterocycles. The van der Waals surface area contributed by atoms with E-state index in [1.54, 1.807) is 12.3 Å². The van der Waals surface area contributed by atoms with Crippen LogP contribution < -0.4 is 10.5 Å². The monoisotopic (exact) mass is 350 g/mol. The quantitative estimate of drug-likeness (QED) is 0.766. The van der Waals surface area contributed by atoms with Gasteiger partial charge in [0, 0.05) is 13.1 Å². The first-order valence-corrected chi connectivity index (χ1v) is 9.05. The van der Waals surface area contributed by atoms with E-state index in [0.29, 0.717) is 29.7 Å². The third-order valence-corrected chi connectivity index (χ3v) is 4.96. The van der Waals surface area contributed by atoms with Crippen molar-refractivity contribution in [2.24, 2.45) is 5.92 Å². The first-order chi connectivity index (χ1) is 12.8. The molecule has 1 N–H and O–H groups in total. The number of hydrogen-bond donors (Lipinski definition) is 1. The van der Waals surface area contributed by atoms with Gasteiger partial charge in [-0.15, -0.1) is 10.2 Å². The van der Waals surface area contributed by atoms with Crippen LogP contribution in [0, 0.1) is 5.92 Å². The summed E-state index contributed by atoms with van der Waals surface area (Å²) in [6.07, 6.45) is 5.23. The van der Waals surface area contributed by atoms with Gasteiger partial charge >= 0.3 is 0 Å². The lowest BCUT2D eigenvalue weighted by atomic mass is 9.90. The van der Waals surface area contributed by atoms with Crippen LogP contribution in [-0.4, -0.2) is 28.3 Å². The highest BCUT2D eigenvalue weighted by Gasteiger charge is 2.21. The van der Waals surface area contributed by atoms with Crippen molar-refractivity contribution in [2.45, 2.75) is 25.7 Å². The largest absolute Gasteiger partial charge is 0.469 e. The van der Waals surface area contributed by atoms with Gasteiger partial charge in [0.05, 0.1) is 12.7 Å². The van der Waals surface area contributed by atoms with Crippen molar-refractivity contribution in [3.8, 4) is 0 Å². The molecular formula is C20H22N4O2. The lowest BCUT2D eigenvalue weighted by Gasteiger charge is -2.32. The SMILES string of the molecule is O=c1[nH]c(N2CCC(Cc3ccccc3)CC2)nnc1Cc1ccco1. The number of aromatic amines is 1. The summed E-state index contributed by atoms with van der Waals surface area (Å²) in [6, 6.07) is 14.2. The van der Waals surface area contributed by atoms with Crippen LogP contribution >= 0.6 is 0 Å². The van der Waals surface area contributed by atoms with Gasteiger partial charge in [0.15, 0.2) is 0 Å². The molecule has 0 saturated carbocycles. The third-order valence-electron chi connectivity index (χ3n) is 4.96. The Kier molecular flexibility index (Phi) is 4.82. The maximum Gasteiger partial charge on any atom is 0.274 e. The highest BCUT2D eigenvalue weighted by Crippen LogP contribution is 2.23. The Bertz CT molecular complexity index is 882. The van der Waals surface area contributed by atoms with E-state index in [1.807, 2.05) is 6.07 Å². The summed E-state index contributed by atoms with van der Waals surface area (Å²) < 4.78 is 5.27. The molecule has 3 aromatic rings. The summed E-state index contributed by atoms with van der Waals surface area (Å²) >= 11 is 0. The van der Waals surface area contributed by atoms with E-state index in [1.165, 1.54) is 5.56 Å². The lowest BCUT2D eigenvalue weighted by molar-refractivity contribution is 0.399. The number of nitrogens with one attached hydrogen (secondary N) is 1. The normalized spacial score (nSPS) is 15.3. The van der Waals surface area contributed by atoms with E-state index < -0.39 is 0 Å². The number of furan rings is 1. The molecule has 0 amide bonds. The van der Waals surface area contributed by atoms with Crippen LogP contribution in [0.25, 0.3) is 0 Å². The minimum absolute atomic E-state index is 0.196. The van der Waals surface area contributed by atoms with Crippen molar-refractivity contribution in [3.63, 3.8) is 0 Å². The number of benzene rings is 1. The van der Waals surface area contributed by atoms with Crippen molar-refractivity contribution < 1.29 is 4.42 Å². The zero-order chi connectivity index (χ0) is 17.8. The molecular weight excluding hydrogens is 328 g/mol. The molecule has 0 atom stereocenters. The van der Waals surface area contributed by atoms with Gasteiger partial charge < -0.3 is 9.32 Å². The van der Waals surface area contributed by atoms with Gasteiger partial charge in [-0.2, -0.15) is 0 Å². The van der Waals surface area contributed by atoms with E-state index in [-0.39, 0.29) is 5.56 Å². The van der Waals surface area contributed by atoms with Crippen molar-refractivity contribution in [1.29, 1.82) is 0 Å². The van der Waals surface area contributed by atoms with Crippen LogP contribution in [0.15, 0.2) is 57.9 Å². The number of piperidine rings is 1. The zero-order valence-electron chi connectivity index (χ0n) is 14.6. The van der Waals surface area contributed by atoms with Gasteiger partial charge in [0.2, 0.25) is 5.95 Å². The molecule has 0 radical (unpaired) electrons. The Hall–Kier alpha value is -2.89. The van der Waals surface area contributed by atoms with E-state index >= 15 is 0 Å². The molecule has 4 rings (SSSR count). The number of nitrogens with zero attached hydrogens (tertiary/aromatic N) is 3. The molecule has 3 heterocycles. The minimum Gasteiger partial charge on any atom is -0.469 e. The topological polar surface area (TPSA) is 75.0 Å². The summed E-state index contributed by atoms with van der Waals surface area (Å²) in [5, 5.41) is 8.35. The van der Waals surface area contributed by atoms with Crippen LogP contribution in [0.1, 0.15) is 29.9 Å². The molecule has 0 aliphatic carbocycles. The van der Waals surface area contributed by atoms with Crippen LogP contribution in [0.4, 0.5) is 5.95 Å². The summed E-state index contributed by atoms with van der Waals surface area (Å²) in [5.41, 5.74) is 1.57. The fourth-order valence-corrected chi connectivity index (χ4v) is 3.48. The lowest BCUT2D eigenvalue weighted by Crippen LogP contribution is -2.37. The second kappa shape index (κ2) is 7.56. The first-order valence-electron chi connectivity index (χ1n) is 9.05. The van der Waals surface area contributed by atoms with Crippen molar-refractivity contribution in [1.82, 2.24) is 15.2 Å². The van der Waals surface area contributed by atoms with E-state index in [0.717, 1.165) is 32.4 Å². The maximum absolute atomic E-state index is 12.3. The molecule has 26 heavy (non-hydrogen) atoms. The number of hydrogen-bond acceptors (Lipinski definition) is 5. The molecule has 1 aromatic carbocycles. The Labute approximate surface area is 151 Å². The van der Waals surface area contributed by atoms with Crippen molar-refractivity contribution in [3.05, 3.63) is 76.1 Å². The maximum atomic E-state index is 12.3. The Balaban J connectivity index is 1.37. The van der Waals surface area contributed by atoms with Crippen LogP contribution in [-0.2, 0) is 12.8 Å². The van der Waals surface area contributed by atoms with E-state index in [9.17, 15) is 4.79 Å². The summed E-state index contributed by atoms with van der Waals surface area (Å²) in [5.74, 6) is 1.95. The molecule has 0 bridgehead atoms. The van der Waals surface area contributed by atoms with Gasteiger partial charge in [-0.3, -0.25) is 9.78 Å². The Morgan fingerprint density at radius 3 is 2.58 bits per heavy atom. The summed E-state index contributed by atoms with van der Waals surface area (Å²) in [7, 11) is 0.